The molecular formula is C18H20N4O3. The normalized spacial score (nSPS) is 23.4. The topological polar surface area (TPSA) is 78.5 Å². The highest BCUT2D eigenvalue weighted by molar-refractivity contribution is 5.94. The van der Waals surface area contributed by atoms with Crippen molar-refractivity contribution in [3.8, 4) is 0 Å². The summed E-state index contributed by atoms with van der Waals surface area (Å²) in [6, 6.07) is 9.80. The van der Waals surface area contributed by atoms with Gasteiger partial charge in [-0.2, -0.15) is 5.10 Å². The molecule has 3 heterocycles. The number of benzene rings is 1. The Morgan fingerprint density at radius 3 is 2.88 bits per heavy atom. The zero-order valence-corrected chi connectivity index (χ0v) is 13.8. The fraction of sp³-hybridized carbons (Fsp3) is 0.389. The van der Waals surface area contributed by atoms with Gasteiger partial charge in [0.05, 0.1) is 36.9 Å². The van der Waals surface area contributed by atoms with Crippen LogP contribution in [0, 0.1) is 0 Å². The Morgan fingerprint density at radius 1 is 1.28 bits per heavy atom. The number of carbonyl (C=O) groups excluding carboxylic acids is 2. The molecule has 2 atom stereocenters. The first kappa shape index (κ1) is 15.8. The summed E-state index contributed by atoms with van der Waals surface area (Å²) in [6.45, 7) is 1.91. The molecule has 1 aromatic heterocycles. The number of nitrogens with one attached hydrogen (secondary N) is 1. The van der Waals surface area contributed by atoms with Gasteiger partial charge in [0.15, 0.2) is 0 Å². The van der Waals surface area contributed by atoms with Gasteiger partial charge in [-0.1, -0.05) is 30.3 Å². The monoisotopic (exact) mass is 340 g/mol. The van der Waals surface area contributed by atoms with Crippen molar-refractivity contribution in [2.45, 2.75) is 25.1 Å². The highest BCUT2D eigenvalue weighted by atomic mass is 16.5. The van der Waals surface area contributed by atoms with Crippen LogP contribution in [0.2, 0.25) is 0 Å². The zero-order chi connectivity index (χ0) is 17.2. The molecule has 1 aromatic carbocycles. The van der Waals surface area contributed by atoms with Crippen LogP contribution in [0.5, 0.6) is 0 Å². The van der Waals surface area contributed by atoms with Crippen LogP contribution in [0.15, 0.2) is 42.7 Å². The first-order valence-corrected chi connectivity index (χ1v) is 8.45. The van der Waals surface area contributed by atoms with Crippen molar-refractivity contribution in [3.05, 3.63) is 53.9 Å². The van der Waals surface area contributed by atoms with Crippen molar-refractivity contribution in [2.75, 3.05) is 19.7 Å². The SMILES string of the molecule is O=C(c1cn[nH]c1)N1C[C@@H]2OCCC(=O)N(Cc3ccccc3)[C@H]2C1. The predicted molar refractivity (Wildman–Crippen MR) is 89.6 cm³/mol. The minimum absolute atomic E-state index is 0.0777. The number of aromatic nitrogens is 2. The summed E-state index contributed by atoms with van der Waals surface area (Å²) in [5.41, 5.74) is 1.61. The van der Waals surface area contributed by atoms with Crippen molar-refractivity contribution in [3.63, 3.8) is 0 Å². The maximum absolute atomic E-state index is 12.6. The number of aromatic amines is 1. The van der Waals surface area contributed by atoms with E-state index in [2.05, 4.69) is 10.2 Å². The van der Waals surface area contributed by atoms with E-state index in [-0.39, 0.29) is 24.0 Å². The Labute approximate surface area is 145 Å². The number of likely N-dealkylation sites (tertiary alicyclic amines) is 1. The van der Waals surface area contributed by atoms with Gasteiger partial charge in [0.2, 0.25) is 5.91 Å². The quantitative estimate of drug-likeness (QED) is 0.906. The number of fused-ring (bicyclic) bond motifs is 1. The molecule has 0 spiro atoms. The number of hydrogen-bond acceptors (Lipinski definition) is 4. The summed E-state index contributed by atoms with van der Waals surface area (Å²) in [4.78, 5) is 28.8. The lowest BCUT2D eigenvalue weighted by molar-refractivity contribution is -0.133. The van der Waals surface area contributed by atoms with Gasteiger partial charge in [0.25, 0.3) is 5.91 Å². The average molecular weight is 340 g/mol. The number of carbonyl (C=O) groups is 2. The fourth-order valence-electron chi connectivity index (χ4n) is 3.55. The molecule has 2 saturated heterocycles. The van der Waals surface area contributed by atoms with E-state index in [0.717, 1.165) is 5.56 Å². The maximum Gasteiger partial charge on any atom is 0.257 e. The molecule has 0 aliphatic carbocycles. The van der Waals surface area contributed by atoms with E-state index in [1.54, 1.807) is 11.1 Å². The van der Waals surface area contributed by atoms with Crippen LogP contribution in [-0.4, -0.2) is 63.7 Å². The van der Waals surface area contributed by atoms with E-state index in [4.69, 9.17) is 4.74 Å². The molecule has 2 aliphatic rings. The lowest BCUT2D eigenvalue weighted by atomic mass is 10.1. The van der Waals surface area contributed by atoms with E-state index in [0.29, 0.717) is 38.2 Å². The minimum atomic E-state index is -0.147. The number of rotatable bonds is 3. The van der Waals surface area contributed by atoms with Crippen LogP contribution in [0.1, 0.15) is 22.3 Å². The van der Waals surface area contributed by atoms with Gasteiger partial charge < -0.3 is 14.5 Å². The Bertz CT molecular complexity index is 747. The Kier molecular flexibility index (Phi) is 4.23. The highest BCUT2D eigenvalue weighted by Crippen LogP contribution is 2.26. The van der Waals surface area contributed by atoms with Crippen LogP contribution in [-0.2, 0) is 16.1 Å². The number of hydrogen-bond donors (Lipinski definition) is 1. The molecule has 7 heteroatoms. The van der Waals surface area contributed by atoms with Gasteiger partial charge in [-0.05, 0) is 5.56 Å². The molecule has 0 radical (unpaired) electrons. The molecule has 7 nitrogen and oxygen atoms in total. The number of nitrogens with zero attached hydrogens (tertiary/aromatic N) is 3. The van der Waals surface area contributed by atoms with Crippen molar-refractivity contribution in [1.29, 1.82) is 0 Å². The summed E-state index contributed by atoms with van der Waals surface area (Å²) in [5.74, 6) is -0.00787. The van der Waals surface area contributed by atoms with Gasteiger partial charge in [-0.3, -0.25) is 14.7 Å². The van der Waals surface area contributed by atoms with E-state index in [9.17, 15) is 9.59 Å². The number of ether oxygens (including phenoxy) is 1. The maximum atomic E-state index is 12.6. The fourth-order valence-corrected chi connectivity index (χ4v) is 3.55. The van der Waals surface area contributed by atoms with E-state index in [1.165, 1.54) is 6.20 Å². The Morgan fingerprint density at radius 2 is 2.12 bits per heavy atom. The van der Waals surface area contributed by atoms with Crippen molar-refractivity contribution >= 4 is 11.8 Å². The smallest absolute Gasteiger partial charge is 0.257 e. The van der Waals surface area contributed by atoms with E-state index >= 15 is 0 Å². The van der Waals surface area contributed by atoms with Crippen LogP contribution >= 0.6 is 0 Å². The third-order valence-corrected chi connectivity index (χ3v) is 4.83. The van der Waals surface area contributed by atoms with Gasteiger partial charge in [-0.15, -0.1) is 0 Å². The molecule has 2 aromatic rings. The van der Waals surface area contributed by atoms with E-state index in [1.807, 2.05) is 35.2 Å². The molecule has 0 saturated carbocycles. The molecule has 130 valence electrons. The average Bonchev–Trinajstić information content (AvgIpc) is 3.28. The second-order valence-corrected chi connectivity index (χ2v) is 6.43. The van der Waals surface area contributed by atoms with Crippen molar-refractivity contribution < 1.29 is 14.3 Å². The zero-order valence-electron chi connectivity index (χ0n) is 13.8. The lowest BCUT2D eigenvalue weighted by Gasteiger charge is -2.29. The third kappa shape index (κ3) is 3.15. The lowest BCUT2D eigenvalue weighted by Crippen LogP contribution is -2.45. The van der Waals surface area contributed by atoms with Crippen LogP contribution < -0.4 is 0 Å². The first-order chi connectivity index (χ1) is 12.2. The second-order valence-electron chi connectivity index (χ2n) is 6.43. The summed E-state index contributed by atoms with van der Waals surface area (Å²) in [5, 5.41) is 6.50. The van der Waals surface area contributed by atoms with Gasteiger partial charge >= 0.3 is 0 Å². The molecule has 2 aliphatic heterocycles. The van der Waals surface area contributed by atoms with Crippen molar-refractivity contribution in [1.82, 2.24) is 20.0 Å². The minimum Gasteiger partial charge on any atom is -0.374 e. The molecule has 2 amide bonds. The number of H-pyrrole nitrogens is 1. The summed E-state index contributed by atoms with van der Waals surface area (Å²) in [6.07, 6.45) is 3.34. The first-order valence-electron chi connectivity index (χ1n) is 8.45. The van der Waals surface area contributed by atoms with Crippen LogP contribution in [0.4, 0.5) is 0 Å². The summed E-state index contributed by atoms with van der Waals surface area (Å²) in [7, 11) is 0. The molecule has 0 bridgehead atoms. The molecule has 4 rings (SSSR count). The summed E-state index contributed by atoms with van der Waals surface area (Å²) >= 11 is 0. The van der Waals surface area contributed by atoms with Crippen LogP contribution in [0.25, 0.3) is 0 Å². The summed E-state index contributed by atoms with van der Waals surface area (Å²) < 4.78 is 5.88. The Hall–Kier alpha value is -2.67. The molecule has 25 heavy (non-hydrogen) atoms. The van der Waals surface area contributed by atoms with Crippen LogP contribution in [0.3, 0.4) is 0 Å². The Balaban J connectivity index is 1.55. The predicted octanol–water partition coefficient (Wildman–Crippen LogP) is 1.05. The second kappa shape index (κ2) is 6.68. The molecular weight excluding hydrogens is 320 g/mol. The molecule has 0 unspecified atom stereocenters. The highest BCUT2D eigenvalue weighted by Gasteiger charge is 2.43. The van der Waals surface area contributed by atoms with Crippen molar-refractivity contribution in [2.24, 2.45) is 0 Å². The number of amides is 2. The van der Waals surface area contributed by atoms with Gasteiger partial charge in [0.1, 0.15) is 0 Å². The van der Waals surface area contributed by atoms with Gasteiger partial charge in [0, 0.05) is 25.8 Å². The largest absolute Gasteiger partial charge is 0.374 e. The molecule has 1 N–H and O–H groups in total. The molecule has 2 fully saturated rings. The standard InChI is InChI=1S/C18H20N4O3/c23-17-6-7-25-16-12-21(18(24)14-8-19-20-9-14)11-15(16)22(17)10-13-4-2-1-3-5-13/h1-5,8-9,15-16H,6-7,10-12H2,(H,19,20)/t15-,16-/m0/s1. The third-order valence-electron chi connectivity index (χ3n) is 4.83. The van der Waals surface area contributed by atoms with Gasteiger partial charge in [-0.25, -0.2) is 0 Å². The van der Waals surface area contributed by atoms with E-state index < -0.39 is 0 Å².